The summed E-state index contributed by atoms with van der Waals surface area (Å²) in [5.41, 5.74) is 1.56. The predicted molar refractivity (Wildman–Crippen MR) is 73.3 cm³/mol. The van der Waals surface area contributed by atoms with Crippen molar-refractivity contribution < 1.29 is 5.11 Å². The van der Waals surface area contributed by atoms with E-state index in [1.165, 1.54) is 5.56 Å². The second kappa shape index (κ2) is 5.78. The summed E-state index contributed by atoms with van der Waals surface area (Å²) in [6.07, 6.45) is 5.64. The van der Waals surface area contributed by atoms with Gasteiger partial charge in [0.15, 0.2) is 0 Å². The molecule has 1 aromatic heterocycles. The van der Waals surface area contributed by atoms with Gasteiger partial charge >= 0.3 is 0 Å². The van der Waals surface area contributed by atoms with E-state index in [1.54, 1.807) is 6.20 Å². The fourth-order valence-corrected chi connectivity index (χ4v) is 2.17. The van der Waals surface area contributed by atoms with E-state index >= 15 is 0 Å². The van der Waals surface area contributed by atoms with Gasteiger partial charge in [0.25, 0.3) is 0 Å². The molecular weight excluding hydrogens is 222 g/mol. The van der Waals surface area contributed by atoms with Crippen LogP contribution in [0, 0.1) is 0 Å². The van der Waals surface area contributed by atoms with Gasteiger partial charge in [-0.1, -0.05) is 43.3 Å². The third kappa shape index (κ3) is 3.41. The topological polar surface area (TPSA) is 33.1 Å². The summed E-state index contributed by atoms with van der Waals surface area (Å²) in [7, 11) is 0. The average molecular weight is 241 g/mol. The zero-order valence-electron chi connectivity index (χ0n) is 10.7. The van der Waals surface area contributed by atoms with Gasteiger partial charge in [0.2, 0.25) is 0 Å². The Balaban J connectivity index is 2.11. The van der Waals surface area contributed by atoms with Crippen LogP contribution in [0.3, 0.4) is 0 Å². The molecule has 2 rings (SSSR count). The maximum atomic E-state index is 10.7. The highest BCUT2D eigenvalue weighted by atomic mass is 16.3. The van der Waals surface area contributed by atoms with E-state index in [0.29, 0.717) is 12.8 Å². The van der Waals surface area contributed by atoms with Crippen molar-refractivity contribution in [3.8, 4) is 0 Å². The smallest absolute Gasteiger partial charge is 0.0726 e. The maximum Gasteiger partial charge on any atom is 0.0726 e. The van der Waals surface area contributed by atoms with Crippen LogP contribution in [0.2, 0.25) is 0 Å². The molecule has 2 aromatic rings. The van der Waals surface area contributed by atoms with Crippen molar-refractivity contribution in [2.45, 2.75) is 31.8 Å². The average Bonchev–Trinajstić information content (AvgIpc) is 2.41. The molecule has 0 bridgehead atoms. The first-order chi connectivity index (χ1) is 8.72. The Labute approximate surface area is 108 Å². The molecule has 0 aliphatic carbocycles. The van der Waals surface area contributed by atoms with Gasteiger partial charge < -0.3 is 5.11 Å². The number of hydrogen-bond acceptors (Lipinski definition) is 2. The largest absolute Gasteiger partial charge is 0.389 e. The summed E-state index contributed by atoms with van der Waals surface area (Å²) >= 11 is 0. The third-order valence-electron chi connectivity index (χ3n) is 3.29. The minimum absolute atomic E-state index is 0.645. The van der Waals surface area contributed by atoms with E-state index in [9.17, 15) is 5.11 Å². The molecule has 0 aliphatic rings. The van der Waals surface area contributed by atoms with Crippen molar-refractivity contribution in [2.24, 2.45) is 0 Å². The van der Waals surface area contributed by atoms with Crippen LogP contribution in [-0.2, 0) is 12.8 Å². The Morgan fingerprint density at radius 2 is 1.67 bits per heavy atom. The Bertz CT molecular complexity index is 425. The predicted octanol–water partition coefficient (Wildman–Crippen LogP) is 3.01. The van der Waals surface area contributed by atoms with E-state index in [1.807, 2.05) is 43.5 Å². The normalized spacial score (nSPS) is 14.1. The molecule has 0 saturated heterocycles. The van der Waals surface area contributed by atoms with Crippen molar-refractivity contribution in [1.82, 2.24) is 4.98 Å². The zero-order valence-corrected chi connectivity index (χ0v) is 10.7. The van der Waals surface area contributed by atoms with Crippen LogP contribution in [0.25, 0.3) is 0 Å². The van der Waals surface area contributed by atoms with E-state index in [4.69, 9.17) is 0 Å². The SMILES string of the molecule is CCC(O)(Cc1ccccc1)Cc1cccnc1. The fraction of sp³-hybridized carbons (Fsp3) is 0.312. The van der Waals surface area contributed by atoms with Crippen LogP contribution in [-0.4, -0.2) is 15.7 Å². The highest BCUT2D eigenvalue weighted by Crippen LogP contribution is 2.22. The first kappa shape index (κ1) is 12.8. The third-order valence-corrected chi connectivity index (χ3v) is 3.29. The minimum Gasteiger partial charge on any atom is -0.389 e. The summed E-state index contributed by atoms with van der Waals surface area (Å²) in [5.74, 6) is 0. The van der Waals surface area contributed by atoms with Crippen molar-refractivity contribution in [2.75, 3.05) is 0 Å². The maximum absolute atomic E-state index is 10.7. The van der Waals surface area contributed by atoms with Gasteiger partial charge in [0.05, 0.1) is 5.60 Å². The first-order valence-electron chi connectivity index (χ1n) is 6.37. The molecular formula is C16H19NO. The van der Waals surface area contributed by atoms with E-state index in [2.05, 4.69) is 17.1 Å². The lowest BCUT2D eigenvalue weighted by atomic mass is 9.86. The van der Waals surface area contributed by atoms with Gasteiger partial charge in [-0.15, -0.1) is 0 Å². The zero-order chi connectivity index (χ0) is 12.8. The molecule has 0 fully saturated rings. The van der Waals surface area contributed by atoms with E-state index in [0.717, 1.165) is 12.0 Å². The van der Waals surface area contributed by atoms with Crippen LogP contribution in [0.15, 0.2) is 54.9 Å². The summed E-state index contributed by atoms with van der Waals surface area (Å²) in [5, 5.41) is 10.7. The van der Waals surface area contributed by atoms with Gasteiger partial charge in [-0.2, -0.15) is 0 Å². The van der Waals surface area contributed by atoms with Gasteiger partial charge in [-0.3, -0.25) is 4.98 Å². The molecule has 1 atom stereocenters. The number of aliphatic hydroxyl groups is 1. The molecule has 1 unspecified atom stereocenters. The van der Waals surface area contributed by atoms with Crippen molar-refractivity contribution in [1.29, 1.82) is 0 Å². The van der Waals surface area contributed by atoms with Crippen LogP contribution < -0.4 is 0 Å². The van der Waals surface area contributed by atoms with Crippen LogP contribution in [0.5, 0.6) is 0 Å². The lowest BCUT2D eigenvalue weighted by molar-refractivity contribution is 0.0368. The molecule has 0 radical (unpaired) electrons. The first-order valence-corrected chi connectivity index (χ1v) is 6.37. The molecule has 0 saturated carbocycles. The van der Waals surface area contributed by atoms with Crippen LogP contribution in [0.1, 0.15) is 24.5 Å². The molecule has 18 heavy (non-hydrogen) atoms. The molecule has 1 N–H and O–H groups in total. The Kier molecular flexibility index (Phi) is 4.11. The Morgan fingerprint density at radius 1 is 1.00 bits per heavy atom. The van der Waals surface area contributed by atoms with Gasteiger partial charge in [0, 0.05) is 25.2 Å². The lowest BCUT2D eigenvalue weighted by Gasteiger charge is -2.27. The van der Waals surface area contributed by atoms with Crippen molar-refractivity contribution in [3.05, 3.63) is 66.0 Å². The minimum atomic E-state index is -0.690. The van der Waals surface area contributed by atoms with E-state index < -0.39 is 5.60 Å². The fourth-order valence-electron chi connectivity index (χ4n) is 2.17. The van der Waals surface area contributed by atoms with Gasteiger partial charge in [0.1, 0.15) is 0 Å². The molecule has 1 heterocycles. The highest BCUT2D eigenvalue weighted by Gasteiger charge is 2.25. The molecule has 2 heteroatoms. The summed E-state index contributed by atoms with van der Waals surface area (Å²) in [4.78, 5) is 4.10. The molecule has 1 aromatic carbocycles. The molecule has 94 valence electrons. The summed E-state index contributed by atoms with van der Waals surface area (Å²) < 4.78 is 0. The van der Waals surface area contributed by atoms with Gasteiger partial charge in [-0.25, -0.2) is 0 Å². The summed E-state index contributed by atoms with van der Waals surface area (Å²) in [6.45, 7) is 2.03. The number of aromatic nitrogens is 1. The number of rotatable bonds is 5. The molecule has 0 amide bonds. The Hall–Kier alpha value is -1.67. The van der Waals surface area contributed by atoms with Crippen molar-refractivity contribution >= 4 is 0 Å². The van der Waals surface area contributed by atoms with Crippen LogP contribution >= 0.6 is 0 Å². The molecule has 0 aliphatic heterocycles. The second-order valence-corrected chi connectivity index (χ2v) is 4.78. The van der Waals surface area contributed by atoms with Crippen LogP contribution in [0.4, 0.5) is 0 Å². The van der Waals surface area contributed by atoms with E-state index in [-0.39, 0.29) is 0 Å². The molecule has 2 nitrogen and oxygen atoms in total. The highest BCUT2D eigenvalue weighted by molar-refractivity contribution is 5.19. The quantitative estimate of drug-likeness (QED) is 0.873. The summed E-state index contributed by atoms with van der Waals surface area (Å²) in [6, 6.07) is 14.1. The molecule has 0 spiro atoms. The second-order valence-electron chi connectivity index (χ2n) is 4.78. The van der Waals surface area contributed by atoms with Crippen molar-refractivity contribution in [3.63, 3.8) is 0 Å². The van der Waals surface area contributed by atoms with Gasteiger partial charge in [-0.05, 0) is 23.6 Å². The number of pyridine rings is 1. The number of hydrogen-bond donors (Lipinski definition) is 1. The monoisotopic (exact) mass is 241 g/mol. The Morgan fingerprint density at radius 3 is 2.28 bits per heavy atom. The standard InChI is InChI=1S/C16H19NO/c1-2-16(18,11-14-7-4-3-5-8-14)12-15-9-6-10-17-13-15/h3-10,13,18H,2,11-12H2,1H3. The number of benzene rings is 1. The lowest BCUT2D eigenvalue weighted by Crippen LogP contribution is -2.33. The number of nitrogens with zero attached hydrogens (tertiary/aromatic N) is 1.